The van der Waals surface area contributed by atoms with Gasteiger partial charge in [0.15, 0.2) is 0 Å². The van der Waals surface area contributed by atoms with Gasteiger partial charge in [-0.25, -0.2) is 0 Å². The molecule has 1 fully saturated rings. The molecule has 0 heterocycles. The van der Waals surface area contributed by atoms with Crippen LogP contribution in [0.2, 0.25) is 0 Å². The highest BCUT2D eigenvalue weighted by atomic mass is 15.2. The lowest BCUT2D eigenvalue weighted by molar-refractivity contribution is 0.333. The molecule has 0 spiro atoms. The molecule has 0 radical (unpaired) electrons. The van der Waals surface area contributed by atoms with Crippen LogP contribution in [0, 0.1) is 17.2 Å². The Morgan fingerprint density at radius 2 is 1.87 bits per heavy atom. The lowest BCUT2D eigenvalue weighted by Crippen LogP contribution is -2.38. The van der Waals surface area contributed by atoms with E-state index in [0.717, 1.165) is 18.9 Å². The summed E-state index contributed by atoms with van der Waals surface area (Å²) in [4.78, 5) is 2.26. The van der Waals surface area contributed by atoms with E-state index in [2.05, 4.69) is 25.7 Å². The van der Waals surface area contributed by atoms with Crippen LogP contribution >= 0.6 is 0 Å². The summed E-state index contributed by atoms with van der Waals surface area (Å²) >= 11 is 0. The predicted molar refractivity (Wildman–Crippen MR) is 66.4 cm³/mol. The highest BCUT2D eigenvalue weighted by molar-refractivity contribution is 5.81. The first-order valence-corrected chi connectivity index (χ1v) is 6.48. The SMILES string of the molecule is CCN(CC(C)C)C(=N)C1CCCCC1. The van der Waals surface area contributed by atoms with Gasteiger partial charge in [-0.15, -0.1) is 0 Å². The molecule has 2 heteroatoms. The molecule has 0 bridgehead atoms. The molecule has 0 atom stereocenters. The summed E-state index contributed by atoms with van der Waals surface area (Å²) in [6, 6.07) is 0. The first kappa shape index (κ1) is 12.5. The van der Waals surface area contributed by atoms with Crippen molar-refractivity contribution in [1.29, 1.82) is 5.41 Å². The van der Waals surface area contributed by atoms with Gasteiger partial charge in [-0.1, -0.05) is 33.1 Å². The third-order valence-corrected chi connectivity index (χ3v) is 3.30. The summed E-state index contributed by atoms with van der Waals surface area (Å²) < 4.78 is 0. The zero-order valence-electron chi connectivity index (χ0n) is 10.6. The van der Waals surface area contributed by atoms with Crippen molar-refractivity contribution in [2.45, 2.75) is 52.9 Å². The summed E-state index contributed by atoms with van der Waals surface area (Å²) in [5.41, 5.74) is 0. The Labute approximate surface area is 94.6 Å². The largest absolute Gasteiger partial charge is 0.360 e. The van der Waals surface area contributed by atoms with Crippen LogP contribution in [0.4, 0.5) is 0 Å². The smallest absolute Gasteiger partial charge is 0.0989 e. The monoisotopic (exact) mass is 210 g/mol. The second-order valence-electron chi connectivity index (χ2n) is 5.15. The molecule has 2 nitrogen and oxygen atoms in total. The van der Waals surface area contributed by atoms with Crippen LogP contribution in [-0.2, 0) is 0 Å². The zero-order valence-corrected chi connectivity index (χ0v) is 10.6. The van der Waals surface area contributed by atoms with E-state index in [1.165, 1.54) is 32.1 Å². The second-order valence-corrected chi connectivity index (χ2v) is 5.15. The van der Waals surface area contributed by atoms with Gasteiger partial charge >= 0.3 is 0 Å². The normalized spacial score (nSPS) is 18.1. The van der Waals surface area contributed by atoms with Crippen molar-refractivity contribution in [3.8, 4) is 0 Å². The maximum absolute atomic E-state index is 8.26. The minimum Gasteiger partial charge on any atom is -0.360 e. The van der Waals surface area contributed by atoms with Crippen LogP contribution in [0.5, 0.6) is 0 Å². The second kappa shape index (κ2) is 6.14. The summed E-state index contributed by atoms with van der Waals surface area (Å²) in [5.74, 6) is 2.12. The number of nitrogens with one attached hydrogen (secondary N) is 1. The molecule has 1 rings (SSSR count). The fourth-order valence-electron chi connectivity index (χ4n) is 2.47. The summed E-state index contributed by atoms with van der Waals surface area (Å²) in [7, 11) is 0. The quantitative estimate of drug-likeness (QED) is 0.558. The van der Waals surface area contributed by atoms with Crippen molar-refractivity contribution in [3.63, 3.8) is 0 Å². The van der Waals surface area contributed by atoms with Crippen molar-refractivity contribution in [2.75, 3.05) is 13.1 Å². The van der Waals surface area contributed by atoms with E-state index in [0.29, 0.717) is 11.8 Å². The van der Waals surface area contributed by atoms with E-state index >= 15 is 0 Å². The topological polar surface area (TPSA) is 27.1 Å². The first-order chi connectivity index (χ1) is 7.15. The minimum atomic E-state index is 0.553. The van der Waals surface area contributed by atoms with E-state index in [1.807, 2.05) is 0 Å². The third-order valence-electron chi connectivity index (χ3n) is 3.30. The molecule has 1 N–H and O–H groups in total. The van der Waals surface area contributed by atoms with Gasteiger partial charge in [-0.2, -0.15) is 0 Å². The van der Waals surface area contributed by atoms with E-state index in [-0.39, 0.29) is 0 Å². The first-order valence-electron chi connectivity index (χ1n) is 6.48. The van der Waals surface area contributed by atoms with Crippen LogP contribution in [-0.4, -0.2) is 23.8 Å². The van der Waals surface area contributed by atoms with E-state index < -0.39 is 0 Å². The molecule has 0 aromatic carbocycles. The molecule has 0 saturated heterocycles. The van der Waals surface area contributed by atoms with Crippen LogP contribution in [0.3, 0.4) is 0 Å². The molecule has 0 aliphatic heterocycles. The Bertz CT molecular complexity index is 193. The van der Waals surface area contributed by atoms with Gasteiger partial charge in [-0.3, -0.25) is 5.41 Å². The Kier molecular flexibility index (Phi) is 5.13. The predicted octanol–water partition coefficient (Wildman–Crippen LogP) is 3.52. The molecule has 0 amide bonds. The standard InChI is InChI=1S/C13H26N2/c1-4-15(10-11(2)3)13(14)12-8-6-5-7-9-12/h11-12,14H,4-10H2,1-3H3. The minimum absolute atomic E-state index is 0.553. The maximum atomic E-state index is 8.26. The van der Waals surface area contributed by atoms with Gasteiger partial charge in [0.05, 0.1) is 5.84 Å². The number of hydrogen-bond donors (Lipinski definition) is 1. The number of nitrogens with zero attached hydrogens (tertiary/aromatic N) is 1. The molecule has 0 unspecified atom stereocenters. The Morgan fingerprint density at radius 1 is 1.27 bits per heavy atom. The molecule has 0 aromatic heterocycles. The lowest BCUT2D eigenvalue weighted by atomic mass is 9.88. The summed E-state index contributed by atoms with van der Waals surface area (Å²) in [6.45, 7) is 8.67. The Balaban J connectivity index is 2.47. The molecule has 1 aliphatic rings. The molecule has 15 heavy (non-hydrogen) atoms. The van der Waals surface area contributed by atoms with Crippen LogP contribution in [0.15, 0.2) is 0 Å². The van der Waals surface area contributed by atoms with Gasteiger partial charge in [0.25, 0.3) is 0 Å². The van der Waals surface area contributed by atoms with Crippen molar-refractivity contribution < 1.29 is 0 Å². The maximum Gasteiger partial charge on any atom is 0.0989 e. The Morgan fingerprint density at radius 3 is 2.33 bits per heavy atom. The fraction of sp³-hybridized carbons (Fsp3) is 0.923. The van der Waals surface area contributed by atoms with Crippen LogP contribution in [0.1, 0.15) is 52.9 Å². The highest BCUT2D eigenvalue weighted by Gasteiger charge is 2.22. The molecular weight excluding hydrogens is 184 g/mol. The van der Waals surface area contributed by atoms with Gasteiger partial charge in [0.2, 0.25) is 0 Å². The number of rotatable bonds is 4. The zero-order chi connectivity index (χ0) is 11.3. The molecule has 0 aromatic rings. The van der Waals surface area contributed by atoms with E-state index in [4.69, 9.17) is 5.41 Å². The summed E-state index contributed by atoms with van der Waals surface area (Å²) in [6.07, 6.45) is 6.51. The third kappa shape index (κ3) is 3.84. The number of hydrogen-bond acceptors (Lipinski definition) is 1. The van der Waals surface area contributed by atoms with Crippen LogP contribution < -0.4 is 0 Å². The van der Waals surface area contributed by atoms with E-state index in [1.54, 1.807) is 0 Å². The average Bonchev–Trinajstić information content (AvgIpc) is 2.26. The van der Waals surface area contributed by atoms with Crippen molar-refractivity contribution in [2.24, 2.45) is 11.8 Å². The Hall–Kier alpha value is -0.530. The molecular formula is C13H26N2. The molecule has 1 saturated carbocycles. The van der Waals surface area contributed by atoms with Crippen molar-refractivity contribution in [1.82, 2.24) is 4.90 Å². The lowest BCUT2D eigenvalue weighted by Gasteiger charge is -2.32. The molecule has 88 valence electrons. The van der Waals surface area contributed by atoms with Crippen molar-refractivity contribution in [3.05, 3.63) is 0 Å². The van der Waals surface area contributed by atoms with Crippen molar-refractivity contribution >= 4 is 5.84 Å². The summed E-state index contributed by atoms with van der Waals surface area (Å²) in [5, 5.41) is 8.26. The van der Waals surface area contributed by atoms with Gasteiger partial charge in [0.1, 0.15) is 0 Å². The van der Waals surface area contributed by atoms with Crippen LogP contribution in [0.25, 0.3) is 0 Å². The highest BCUT2D eigenvalue weighted by Crippen LogP contribution is 2.25. The molecule has 1 aliphatic carbocycles. The van der Waals surface area contributed by atoms with Gasteiger partial charge in [0, 0.05) is 19.0 Å². The average molecular weight is 210 g/mol. The fourth-order valence-corrected chi connectivity index (χ4v) is 2.47. The number of amidine groups is 1. The van der Waals surface area contributed by atoms with Gasteiger partial charge < -0.3 is 4.90 Å². The van der Waals surface area contributed by atoms with E-state index in [9.17, 15) is 0 Å². The van der Waals surface area contributed by atoms with Gasteiger partial charge in [-0.05, 0) is 25.7 Å².